The Morgan fingerprint density at radius 2 is 2.06 bits per heavy atom. The van der Waals surface area contributed by atoms with Gasteiger partial charge in [-0.1, -0.05) is 0 Å². The Balaban J connectivity index is 1.97. The van der Waals surface area contributed by atoms with E-state index in [2.05, 4.69) is 5.32 Å². The predicted molar refractivity (Wildman–Crippen MR) is 65.4 cm³/mol. The van der Waals surface area contributed by atoms with Crippen molar-refractivity contribution in [3.8, 4) is 0 Å². The fraction of sp³-hybridized carbons (Fsp3) is 0.462. The number of amides is 1. The van der Waals surface area contributed by atoms with E-state index in [-0.39, 0.29) is 23.7 Å². The van der Waals surface area contributed by atoms with Gasteiger partial charge in [-0.15, -0.1) is 0 Å². The fourth-order valence-corrected chi connectivity index (χ4v) is 1.74. The number of anilines is 1. The summed E-state index contributed by atoms with van der Waals surface area (Å²) >= 11 is 0. The normalized spacial score (nSPS) is 14.4. The summed E-state index contributed by atoms with van der Waals surface area (Å²) in [5.41, 5.74) is 0.273. The Morgan fingerprint density at radius 1 is 1.39 bits per heavy atom. The number of rotatable bonds is 4. The summed E-state index contributed by atoms with van der Waals surface area (Å²) in [6.07, 6.45) is 2.05. The number of nitrogens with zero attached hydrogens (tertiary/aromatic N) is 1. The molecule has 1 fully saturated rings. The summed E-state index contributed by atoms with van der Waals surface area (Å²) < 4.78 is 26.8. The maximum atomic E-state index is 13.5. The van der Waals surface area contributed by atoms with Gasteiger partial charge in [0.1, 0.15) is 11.6 Å². The van der Waals surface area contributed by atoms with Gasteiger partial charge in [0.25, 0.3) is 0 Å². The Hall–Kier alpha value is -1.65. The van der Waals surface area contributed by atoms with Crippen molar-refractivity contribution in [3.63, 3.8) is 0 Å². The second-order valence-electron chi connectivity index (χ2n) is 4.67. The van der Waals surface area contributed by atoms with Crippen LogP contribution in [0.4, 0.5) is 14.5 Å². The van der Waals surface area contributed by atoms with Gasteiger partial charge in [0.2, 0.25) is 5.91 Å². The molecule has 3 nitrogen and oxygen atoms in total. The van der Waals surface area contributed by atoms with Gasteiger partial charge in [0.15, 0.2) is 0 Å². The van der Waals surface area contributed by atoms with E-state index in [1.54, 1.807) is 11.9 Å². The lowest BCUT2D eigenvalue weighted by Crippen LogP contribution is -2.33. The van der Waals surface area contributed by atoms with Crippen LogP contribution in [0, 0.1) is 18.6 Å². The highest BCUT2D eigenvalue weighted by Crippen LogP contribution is 2.25. The molecule has 0 saturated heterocycles. The molecule has 0 unspecified atom stereocenters. The van der Waals surface area contributed by atoms with Crippen LogP contribution < -0.4 is 5.32 Å². The average molecular weight is 254 g/mol. The standard InChI is InChI=1S/C13H16F2N2O/c1-8-5-11(15)12(6-10(8)14)16-7-13(18)17(2)9-3-4-9/h5-6,9,16H,3-4,7H2,1-2H3. The molecule has 5 heteroatoms. The molecule has 1 N–H and O–H groups in total. The minimum Gasteiger partial charge on any atom is -0.374 e. The summed E-state index contributed by atoms with van der Waals surface area (Å²) in [5.74, 6) is -1.14. The van der Waals surface area contributed by atoms with Gasteiger partial charge in [-0.2, -0.15) is 0 Å². The third-order valence-electron chi connectivity index (χ3n) is 3.17. The van der Waals surface area contributed by atoms with E-state index < -0.39 is 11.6 Å². The zero-order valence-electron chi connectivity index (χ0n) is 10.5. The molecule has 0 aliphatic heterocycles. The van der Waals surface area contributed by atoms with Crippen LogP contribution in [0.15, 0.2) is 12.1 Å². The molecule has 1 aromatic rings. The number of carbonyl (C=O) groups is 1. The second-order valence-corrected chi connectivity index (χ2v) is 4.67. The molecule has 1 aliphatic rings. The van der Waals surface area contributed by atoms with Crippen LogP contribution in [0.1, 0.15) is 18.4 Å². The molecule has 1 aromatic carbocycles. The first kappa shape index (κ1) is 12.8. The molecule has 0 bridgehead atoms. The van der Waals surface area contributed by atoms with E-state index in [0.717, 1.165) is 25.0 Å². The number of nitrogens with one attached hydrogen (secondary N) is 1. The summed E-state index contributed by atoms with van der Waals surface area (Å²) in [4.78, 5) is 13.4. The van der Waals surface area contributed by atoms with Gasteiger partial charge in [-0.3, -0.25) is 4.79 Å². The Morgan fingerprint density at radius 3 is 2.67 bits per heavy atom. The molecular formula is C13H16F2N2O. The van der Waals surface area contributed by atoms with Gasteiger partial charge in [0, 0.05) is 19.2 Å². The number of hydrogen-bond donors (Lipinski definition) is 1. The summed E-state index contributed by atoms with van der Waals surface area (Å²) in [6.45, 7) is 1.47. The van der Waals surface area contributed by atoms with E-state index in [1.165, 1.54) is 6.92 Å². The van der Waals surface area contributed by atoms with Gasteiger partial charge in [-0.05, 0) is 31.4 Å². The largest absolute Gasteiger partial charge is 0.374 e. The first-order valence-electron chi connectivity index (χ1n) is 5.94. The molecule has 0 radical (unpaired) electrons. The number of benzene rings is 1. The molecule has 2 rings (SSSR count). The predicted octanol–water partition coefficient (Wildman–Crippen LogP) is 2.31. The number of carbonyl (C=O) groups excluding carboxylic acids is 1. The molecule has 0 spiro atoms. The third kappa shape index (κ3) is 2.78. The van der Waals surface area contributed by atoms with Gasteiger partial charge < -0.3 is 10.2 Å². The highest BCUT2D eigenvalue weighted by molar-refractivity contribution is 5.81. The Labute approximate surface area is 105 Å². The Kier molecular flexibility index (Phi) is 3.50. The van der Waals surface area contributed by atoms with Crippen LogP contribution in [0.25, 0.3) is 0 Å². The number of aryl methyl sites for hydroxylation is 1. The SMILES string of the molecule is Cc1cc(F)c(NCC(=O)N(C)C2CC2)cc1F. The minimum absolute atomic E-state index is 0.0214. The third-order valence-corrected chi connectivity index (χ3v) is 3.17. The fourth-order valence-electron chi connectivity index (χ4n) is 1.74. The number of likely N-dealkylation sites (N-methyl/N-ethyl adjacent to an activating group) is 1. The smallest absolute Gasteiger partial charge is 0.241 e. The first-order chi connectivity index (χ1) is 8.49. The Bertz CT molecular complexity index is 472. The lowest BCUT2D eigenvalue weighted by Gasteiger charge is -2.17. The topological polar surface area (TPSA) is 32.3 Å². The van der Waals surface area contributed by atoms with Gasteiger partial charge in [-0.25, -0.2) is 8.78 Å². The quantitative estimate of drug-likeness (QED) is 0.894. The summed E-state index contributed by atoms with van der Waals surface area (Å²) in [6, 6.07) is 2.51. The maximum absolute atomic E-state index is 13.5. The lowest BCUT2D eigenvalue weighted by atomic mass is 10.2. The molecule has 0 atom stereocenters. The van der Waals surface area contributed by atoms with Crippen LogP contribution in [0.2, 0.25) is 0 Å². The van der Waals surface area contributed by atoms with Crippen molar-refractivity contribution in [1.82, 2.24) is 4.90 Å². The lowest BCUT2D eigenvalue weighted by molar-refractivity contribution is -0.128. The van der Waals surface area contributed by atoms with Crippen molar-refractivity contribution in [2.75, 3.05) is 18.9 Å². The van der Waals surface area contributed by atoms with Crippen molar-refractivity contribution in [2.24, 2.45) is 0 Å². The molecular weight excluding hydrogens is 238 g/mol. The van der Waals surface area contributed by atoms with Gasteiger partial charge >= 0.3 is 0 Å². The molecule has 0 aromatic heterocycles. The maximum Gasteiger partial charge on any atom is 0.241 e. The van der Waals surface area contributed by atoms with Crippen LogP contribution >= 0.6 is 0 Å². The monoisotopic (exact) mass is 254 g/mol. The van der Waals surface area contributed by atoms with E-state index in [4.69, 9.17) is 0 Å². The van der Waals surface area contributed by atoms with Crippen LogP contribution in [0.3, 0.4) is 0 Å². The van der Waals surface area contributed by atoms with Crippen molar-refractivity contribution >= 4 is 11.6 Å². The van der Waals surface area contributed by atoms with Crippen LogP contribution in [-0.2, 0) is 4.79 Å². The number of hydrogen-bond acceptors (Lipinski definition) is 2. The van der Waals surface area contributed by atoms with Crippen molar-refractivity contribution in [1.29, 1.82) is 0 Å². The minimum atomic E-state index is -0.546. The van der Waals surface area contributed by atoms with Gasteiger partial charge in [0.05, 0.1) is 12.2 Å². The highest BCUT2D eigenvalue weighted by Gasteiger charge is 2.29. The molecule has 1 amide bonds. The average Bonchev–Trinajstić information content (AvgIpc) is 3.14. The molecule has 1 aliphatic carbocycles. The second kappa shape index (κ2) is 4.92. The van der Waals surface area contributed by atoms with E-state index >= 15 is 0 Å². The highest BCUT2D eigenvalue weighted by atomic mass is 19.1. The summed E-state index contributed by atoms with van der Waals surface area (Å²) in [5, 5.41) is 2.64. The van der Waals surface area contributed by atoms with Crippen molar-refractivity contribution < 1.29 is 13.6 Å². The van der Waals surface area contributed by atoms with Crippen LogP contribution in [-0.4, -0.2) is 30.4 Å². The van der Waals surface area contributed by atoms with E-state index in [0.29, 0.717) is 6.04 Å². The summed E-state index contributed by atoms with van der Waals surface area (Å²) in [7, 11) is 1.73. The molecule has 98 valence electrons. The van der Waals surface area contributed by atoms with Crippen LogP contribution in [0.5, 0.6) is 0 Å². The van der Waals surface area contributed by atoms with Crippen molar-refractivity contribution in [3.05, 3.63) is 29.3 Å². The van der Waals surface area contributed by atoms with E-state index in [9.17, 15) is 13.6 Å². The molecule has 1 saturated carbocycles. The zero-order valence-corrected chi connectivity index (χ0v) is 10.5. The van der Waals surface area contributed by atoms with Crippen molar-refractivity contribution in [2.45, 2.75) is 25.8 Å². The number of halogens is 2. The molecule has 0 heterocycles. The first-order valence-corrected chi connectivity index (χ1v) is 5.94. The zero-order chi connectivity index (χ0) is 13.3. The van der Waals surface area contributed by atoms with E-state index in [1.807, 2.05) is 0 Å². The molecule has 18 heavy (non-hydrogen) atoms.